The number of rotatable bonds is 3. The quantitative estimate of drug-likeness (QED) is 0.921. The number of aryl methyl sites for hydroxylation is 1. The molecule has 2 atom stereocenters. The Bertz CT molecular complexity index is 595. The van der Waals surface area contributed by atoms with Gasteiger partial charge in [0.25, 0.3) is 0 Å². The van der Waals surface area contributed by atoms with Crippen molar-refractivity contribution < 1.29 is 12.8 Å². The molecule has 1 saturated heterocycles. The topological polar surface area (TPSA) is 63.4 Å². The fourth-order valence-corrected chi connectivity index (χ4v) is 4.66. The molecule has 2 rings (SSSR count). The van der Waals surface area contributed by atoms with Crippen LogP contribution in [-0.2, 0) is 10.0 Å². The molecule has 1 aliphatic rings. The molecule has 0 amide bonds. The number of halogens is 2. The van der Waals surface area contributed by atoms with Crippen LogP contribution in [0.1, 0.15) is 25.3 Å². The molecule has 0 spiro atoms. The minimum Gasteiger partial charge on any atom is -0.329 e. The lowest BCUT2D eigenvalue weighted by Crippen LogP contribution is -2.49. The molecule has 0 aliphatic carbocycles. The zero-order valence-corrected chi connectivity index (χ0v) is 13.9. The standard InChI is InChI=1S/C14H21FN2O2S.ClH/c1-10-5-6-17(13(7-10)9-16)20(18,19)14-4-3-12(15)8-11(14)2;/h3-4,8,10,13H,5-7,9,16H2,1-2H3;1H. The summed E-state index contributed by atoms with van der Waals surface area (Å²) in [5, 5.41) is 0. The van der Waals surface area contributed by atoms with Gasteiger partial charge >= 0.3 is 0 Å². The molecule has 0 saturated carbocycles. The zero-order valence-electron chi connectivity index (χ0n) is 12.3. The van der Waals surface area contributed by atoms with E-state index in [1.54, 1.807) is 6.92 Å². The minimum atomic E-state index is -3.61. The van der Waals surface area contributed by atoms with E-state index in [9.17, 15) is 12.8 Å². The third-order valence-corrected chi connectivity index (χ3v) is 6.03. The molecule has 2 N–H and O–H groups in total. The summed E-state index contributed by atoms with van der Waals surface area (Å²) in [6.45, 7) is 4.50. The summed E-state index contributed by atoms with van der Waals surface area (Å²) in [7, 11) is -3.61. The molecule has 1 aromatic carbocycles. The van der Waals surface area contributed by atoms with E-state index in [4.69, 9.17) is 5.73 Å². The fourth-order valence-electron chi connectivity index (χ4n) is 2.79. The monoisotopic (exact) mass is 336 g/mol. The predicted octanol–water partition coefficient (Wildman–Crippen LogP) is 2.30. The van der Waals surface area contributed by atoms with Crippen LogP contribution < -0.4 is 5.73 Å². The number of nitrogens with two attached hydrogens (primary N) is 1. The SMILES string of the molecule is Cc1cc(F)ccc1S(=O)(=O)N1CCC(C)CC1CN.Cl. The lowest BCUT2D eigenvalue weighted by atomic mass is 9.94. The third kappa shape index (κ3) is 3.74. The summed E-state index contributed by atoms with van der Waals surface area (Å²) in [4.78, 5) is 0.173. The highest BCUT2D eigenvalue weighted by atomic mass is 35.5. The van der Waals surface area contributed by atoms with E-state index in [0.717, 1.165) is 12.8 Å². The Morgan fingerprint density at radius 1 is 1.43 bits per heavy atom. The van der Waals surface area contributed by atoms with Gasteiger partial charge in [-0.2, -0.15) is 4.31 Å². The van der Waals surface area contributed by atoms with Gasteiger partial charge in [0.2, 0.25) is 10.0 Å². The molecule has 1 aromatic rings. The summed E-state index contributed by atoms with van der Waals surface area (Å²) in [6.07, 6.45) is 1.60. The summed E-state index contributed by atoms with van der Waals surface area (Å²) in [5.41, 5.74) is 6.16. The Labute approximate surface area is 132 Å². The van der Waals surface area contributed by atoms with Gasteiger partial charge < -0.3 is 5.73 Å². The van der Waals surface area contributed by atoms with Crippen molar-refractivity contribution in [3.63, 3.8) is 0 Å². The van der Waals surface area contributed by atoms with Crippen molar-refractivity contribution in [1.82, 2.24) is 4.31 Å². The molecular weight excluding hydrogens is 315 g/mol. The second kappa shape index (κ2) is 7.05. The van der Waals surface area contributed by atoms with Crippen LogP contribution in [0.5, 0.6) is 0 Å². The van der Waals surface area contributed by atoms with E-state index in [-0.39, 0.29) is 23.3 Å². The van der Waals surface area contributed by atoms with Gasteiger partial charge in [-0.1, -0.05) is 6.92 Å². The normalized spacial score (nSPS) is 23.6. The average molecular weight is 337 g/mol. The average Bonchev–Trinajstić information content (AvgIpc) is 2.37. The molecule has 120 valence electrons. The highest BCUT2D eigenvalue weighted by molar-refractivity contribution is 7.89. The van der Waals surface area contributed by atoms with E-state index in [1.807, 2.05) is 0 Å². The number of benzene rings is 1. The molecule has 0 radical (unpaired) electrons. The molecule has 0 aromatic heterocycles. The first-order valence-corrected chi connectivity index (χ1v) is 8.28. The molecule has 21 heavy (non-hydrogen) atoms. The first-order chi connectivity index (χ1) is 9.36. The first-order valence-electron chi connectivity index (χ1n) is 6.84. The number of sulfonamides is 1. The van der Waals surface area contributed by atoms with Crippen LogP contribution in [0.2, 0.25) is 0 Å². The van der Waals surface area contributed by atoms with Crippen molar-refractivity contribution in [2.24, 2.45) is 11.7 Å². The summed E-state index contributed by atoms with van der Waals surface area (Å²) in [6, 6.07) is 3.60. The van der Waals surface area contributed by atoms with Gasteiger partial charge in [0.15, 0.2) is 0 Å². The van der Waals surface area contributed by atoms with Crippen LogP contribution in [0, 0.1) is 18.7 Å². The maximum absolute atomic E-state index is 13.1. The van der Waals surface area contributed by atoms with Gasteiger partial charge in [-0.25, -0.2) is 12.8 Å². The largest absolute Gasteiger partial charge is 0.329 e. The second-order valence-corrected chi connectivity index (χ2v) is 7.40. The van der Waals surface area contributed by atoms with Crippen LogP contribution in [0.4, 0.5) is 4.39 Å². The van der Waals surface area contributed by atoms with Gasteiger partial charge in [0.05, 0.1) is 4.90 Å². The summed E-state index contributed by atoms with van der Waals surface area (Å²) in [5.74, 6) is 0.0494. The zero-order chi connectivity index (χ0) is 14.9. The van der Waals surface area contributed by atoms with E-state index in [2.05, 4.69) is 6.92 Å². The van der Waals surface area contributed by atoms with Gasteiger partial charge in [-0.3, -0.25) is 0 Å². The van der Waals surface area contributed by atoms with Gasteiger partial charge in [0.1, 0.15) is 5.82 Å². The van der Waals surface area contributed by atoms with E-state index in [0.29, 0.717) is 24.6 Å². The minimum absolute atomic E-state index is 0. The van der Waals surface area contributed by atoms with Gasteiger partial charge in [-0.05, 0) is 49.4 Å². The Hall–Kier alpha value is -0.690. The molecule has 2 unspecified atom stereocenters. The number of nitrogens with zero attached hydrogens (tertiary/aromatic N) is 1. The molecule has 1 heterocycles. The van der Waals surface area contributed by atoms with Crippen molar-refractivity contribution in [3.05, 3.63) is 29.6 Å². The highest BCUT2D eigenvalue weighted by Crippen LogP contribution is 2.29. The smallest absolute Gasteiger partial charge is 0.243 e. The van der Waals surface area contributed by atoms with Crippen LogP contribution >= 0.6 is 12.4 Å². The molecule has 7 heteroatoms. The fraction of sp³-hybridized carbons (Fsp3) is 0.571. The molecule has 0 bridgehead atoms. The molecular formula is C14H22ClFN2O2S. The van der Waals surface area contributed by atoms with E-state index >= 15 is 0 Å². The van der Waals surface area contributed by atoms with Crippen molar-refractivity contribution >= 4 is 22.4 Å². The Morgan fingerprint density at radius 2 is 2.10 bits per heavy atom. The van der Waals surface area contributed by atoms with E-state index < -0.39 is 15.8 Å². The molecule has 1 fully saturated rings. The van der Waals surface area contributed by atoms with Crippen LogP contribution in [-0.4, -0.2) is 31.9 Å². The maximum atomic E-state index is 13.1. The van der Waals surface area contributed by atoms with Gasteiger partial charge in [0, 0.05) is 19.1 Å². The highest BCUT2D eigenvalue weighted by Gasteiger charge is 2.35. The van der Waals surface area contributed by atoms with Crippen LogP contribution in [0.25, 0.3) is 0 Å². The van der Waals surface area contributed by atoms with Crippen molar-refractivity contribution in [2.45, 2.75) is 37.6 Å². The lowest BCUT2D eigenvalue weighted by molar-refractivity contribution is 0.211. The first kappa shape index (κ1) is 18.4. The van der Waals surface area contributed by atoms with Crippen molar-refractivity contribution in [3.8, 4) is 0 Å². The number of hydrogen-bond donors (Lipinski definition) is 1. The molecule has 4 nitrogen and oxygen atoms in total. The maximum Gasteiger partial charge on any atom is 0.243 e. The summed E-state index contributed by atoms with van der Waals surface area (Å²) < 4.78 is 40.1. The Kier molecular flexibility index (Phi) is 6.16. The van der Waals surface area contributed by atoms with E-state index in [1.165, 1.54) is 22.5 Å². The predicted molar refractivity (Wildman–Crippen MR) is 83.5 cm³/mol. The molecule has 1 aliphatic heterocycles. The van der Waals surface area contributed by atoms with Crippen LogP contribution in [0.15, 0.2) is 23.1 Å². The lowest BCUT2D eigenvalue weighted by Gasteiger charge is -2.37. The Balaban J connectivity index is 0.00000220. The number of piperidine rings is 1. The third-order valence-electron chi connectivity index (χ3n) is 3.92. The Morgan fingerprint density at radius 3 is 2.67 bits per heavy atom. The van der Waals surface area contributed by atoms with Crippen molar-refractivity contribution in [2.75, 3.05) is 13.1 Å². The van der Waals surface area contributed by atoms with Gasteiger partial charge in [-0.15, -0.1) is 12.4 Å². The summed E-state index contributed by atoms with van der Waals surface area (Å²) >= 11 is 0. The second-order valence-electron chi connectivity index (χ2n) is 5.54. The van der Waals surface area contributed by atoms with Crippen LogP contribution in [0.3, 0.4) is 0 Å². The van der Waals surface area contributed by atoms with Crippen molar-refractivity contribution in [1.29, 1.82) is 0 Å². The number of hydrogen-bond acceptors (Lipinski definition) is 3.